The molecule has 1 aromatic heterocycles. The highest BCUT2D eigenvalue weighted by Gasteiger charge is 2.01. The Morgan fingerprint density at radius 3 is 2.41 bits per heavy atom. The number of nitrogens with two attached hydrogens (primary N) is 1. The standard InChI is InChI=1S/C14H17N3/c1-10(2)11-5-7-12(8-6-11)17-13-4-3-9-16-14(13)15/h3-10,17H,1-2H3,(H2,15,16). The molecule has 2 rings (SSSR count). The Balaban J connectivity index is 2.17. The summed E-state index contributed by atoms with van der Waals surface area (Å²) in [5.74, 6) is 1.06. The smallest absolute Gasteiger partial charge is 0.147 e. The minimum absolute atomic E-state index is 0.514. The molecule has 0 radical (unpaired) electrons. The maximum atomic E-state index is 5.77. The van der Waals surface area contributed by atoms with Gasteiger partial charge in [-0.25, -0.2) is 4.98 Å². The second-order valence-electron chi connectivity index (χ2n) is 4.34. The van der Waals surface area contributed by atoms with Crippen molar-refractivity contribution in [1.82, 2.24) is 4.98 Å². The van der Waals surface area contributed by atoms with Crippen LogP contribution < -0.4 is 11.1 Å². The first-order chi connectivity index (χ1) is 8.16. The summed E-state index contributed by atoms with van der Waals surface area (Å²) < 4.78 is 0. The monoisotopic (exact) mass is 227 g/mol. The second-order valence-corrected chi connectivity index (χ2v) is 4.34. The first-order valence-corrected chi connectivity index (χ1v) is 5.74. The van der Waals surface area contributed by atoms with Crippen LogP contribution in [0.15, 0.2) is 42.6 Å². The zero-order chi connectivity index (χ0) is 12.3. The van der Waals surface area contributed by atoms with Crippen molar-refractivity contribution in [2.24, 2.45) is 0 Å². The average molecular weight is 227 g/mol. The number of rotatable bonds is 3. The molecule has 0 aliphatic rings. The third-order valence-electron chi connectivity index (χ3n) is 2.69. The molecule has 0 fully saturated rings. The average Bonchev–Trinajstić information content (AvgIpc) is 2.33. The summed E-state index contributed by atoms with van der Waals surface area (Å²) in [6.07, 6.45) is 1.68. The van der Waals surface area contributed by atoms with Gasteiger partial charge in [-0.05, 0) is 35.7 Å². The Labute approximate surface area is 102 Å². The van der Waals surface area contributed by atoms with Gasteiger partial charge in [0.2, 0.25) is 0 Å². The van der Waals surface area contributed by atoms with E-state index < -0.39 is 0 Å². The SMILES string of the molecule is CC(C)c1ccc(Nc2cccnc2N)cc1. The van der Waals surface area contributed by atoms with Gasteiger partial charge in [0.1, 0.15) is 5.82 Å². The molecule has 1 aromatic carbocycles. The lowest BCUT2D eigenvalue weighted by Gasteiger charge is -2.10. The third kappa shape index (κ3) is 2.75. The number of nitrogens with one attached hydrogen (secondary N) is 1. The number of benzene rings is 1. The number of nitrogens with zero attached hydrogens (tertiary/aromatic N) is 1. The molecule has 17 heavy (non-hydrogen) atoms. The molecule has 0 aliphatic carbocycles. The molecule has 0 amide bonds. The molecule has 0 spiro atoms. The highest BCUT2D eigenvalue weighted by Crippen LogP contribution is 2.22. The Hall–Kier alpha value is -2.03. The van der Waals surface area contributed by atoms with Gasteiger partial charge in [0, 0.05) is 11.9 Å². The van der Waals surface area contributed by atoms with Gasteiger partial charge in [0.15, 0.2) is 0 Å². The van der Waals surface area contributed by atoms with Crippen LogP contribution in [0.1, 0.15) is 25.3 Å². The van der Waals surface area contributed by atoms with Crippen molar-refractivity contribution in [3.63, 3.8) is 0 Å². The summed E-state index contributed by atoms with van der Waals surface area (Å²) in [7, 11) is 0. The third-order valence-corrected chi connectivity index (χ3v) is 2.69. The second kappa shape index (κ2) is 4.87. The van der Waals surface area contributed by atoms with Gasteiger partial charge in [-0.1, -0.05) is 26.0 Å². The van der Waals surface area contributed by atoms with Crippen LogP contribution in [0.5, 0.6) is 0 Å². The lowest BCUT2D eigenvalue weighted by atomic mass is 10.0. The zero-order valence-electron chi connectivity index (χ0n) is 10.1. The number of aromatic nitrogens is 1. The Kier molecular flexibility index (Phi) is 3.28. The van der Waals surface area contributed by atoms with E-state index in [2.05, 4.69) is 48.4 Å². The fourth-order valence-corrected chi connectivity index (χ4v) is 1.63. The van der Waals surface area contributed by atoms with Gasteiger partial charge in [-0.15, -0.1) is 0 Å². The Bertz CT molecular complexity index is 489. The largest absolute Gasteiger partial charge is 0.382 e. The maximum Gasteiger partial charge on any atom is 0.147 e. The molecule has 0 saturated carbocycles. The summed E-state index contributed by atoms with van der Waals surface area (Å²) in [4.78, 5) is 4.04. The van der Waals surface area contributed by atoms with Crippen molar-refractivity contribution in [1.29, 1.82) is 0 Å². The number of hydrogen-bond acceptors (Lipinski definition) is 3. The van der Waals surface area contributed by atoms with Crippen molar-refractivity contribution in [3.05, 3.63) is 48.2 Å². The van der Waals surface area contributed by atoms with Crippen LogP contribution >= 0.6 is 0 Å². The van der Waals surface area contributed by atoms with Crippen LogP contribution in [0.2, 0.25) is 0 Å². The van der Waals surface area contributed by atoms with Crippen molar-refractivity contribution < 1.29 is 0 Å². The molecule has 0 unspecified atom stereocenters. The van der Waals surface area contributed by atoms with Crippen LogP contribution in [0, 0.1) is 0 Å². The quantitative estimate of drug-likeness (QED) is 0.843. The molecule has 0 aliphatic heterocycles. The summed E-state index contributed by atoms with van der Waals surface area (Å²) in [6, 6.07) is 12.1. The van der Waals surface area contributed by atoms with Crippen molar-refractivity contribution >= 4 is 17.2 Å². The summed E-state index contributed by atoms with van der Waals surface area (Å²) in [6.45, 7) is 4.36. The molecule has 0 bridgehead atoms. The van der Waals surface area contributed by atoms with E-state index in [-0.39, 0.29) is 0 Å². The first-order valence-electron chi connectivity index (χ1n) is 5.74. The van der Waals surface area contributed by atoms with Crippen LogP contribution in [0.3, 0.4) is 0 Å². The summed E-state index contributed by atoms with van der Waals surface area (Å²) >= 11 is 0. The van der Waals surface area contributed by atoms with E-state index in [1.165, 1.54) is 5.56 Å². The molecular formula is C14H17N3. The lowest BCUT2D eigenvalue weighted by Crippen LogP contribution is -1.98. The minimum atomic E-state index is 0.514. The number of pyridine rings is 1. The van der Waals surface area contributed by atoms with E-state index >= 15 is 0 Å². The summed E-state index contributed by atoms with van der Waals surface area (Å²) in [5, 5.41) is 3.25. The molecule has 0 atom stereocenters. The molecule has 88 valence electrons. The van der Waals surface area contributed by atoms with Crippen molar-refractivity contribution in [2.75, 3.05) is 11.1 Å². The lowest BCUT2D eigenvalue weighted by molar-refractivity contribution is 0.867. The van der Waals surface area contributed by atoms with E-state index in [0.717, 1.165) is 11.4 Å². The normalized spacial score (nSPS) is 10.5. The minimum Gasteiger partial charge on any atom is -0.382 e. The zero-order valence-corrected chi connectivity index (χ0v) is 10.1. The van der Waals surface area contributed by atoms with Crippen LogP contribution in [-0.2, 0) is 0 Å². The predicted octanol–water partition coefficient (Wildman–Crippen LogP) is 3.53. The van der Waals surface area contributed by atoms with Crippen LogP contribution in [-0.4, -0.2) is 4.98 Å². The van der Waals surface area contributed by atoms with Gasteiger partial charge < -0.3 is 11.1 Å². The fraction of sp³-hybridized carbons (Fsp3) is 0.214. The van der Waals surface area contributed by atoms with Gasteiger partial charge in [0.25, 0.3) is 0 Å². The Morgan fingerprint density at radius 2 is 1.82 bits per heavy atom. The number of nitrogen functional groups attached to an aromatic ring is 1. The topological polar surface area (TPSA) is 50.9 Å². The van der Waals surface area contributed by atoms with Gasteiger partial charge in [0.05, 0.1) is 5.69 Å². The molecule has 2 aromatic rings. The highest BCUT2D eigenvalue weighted by atomic mass is 15.0. The first kappa shape index (κ1) is 11.5. The number of anilines is 3. The van der Waals surface area contributed by atoms with Crippen molar-refractivity contribution in [2.45, 2.75) is 19.8 Å². The molecule has 0 saturated heterocycles. The number of hydrogen-bond donors (Lipinski definition) is 2. The Morgan fingerprint density at radius 1 is 1.12 bits per heavy atom. The van der Waals surface area contributed by atoms with Gasteiger partial charge in [-0.2, -0.15) is 0 Å². The van der Waals surface area contributed by atoms with Crippen molar-refractivity contribution in [3.8, 4) is 0 Å². The van der Waals surface area contributed by atoms with E-state index in [9.17, 15) is 0 Å². The molecule has 3 nitrogen and oxygen atoms in total. The van der Waals surface area contributed by atoms with E-state index in [1.54, 1.807) is 6.20 Å². The van der Waals surface area contributed by atoms with Gasteiger partial charge >= 0.3 is 0 Å². The predicted molar refractivity (Wildman–Crippen MR) is 72.5 cm³/mol. The van der Waals surface area contributed by atoms with Gasteiger partial charge in [-0.3, -0.25) is 0 Å². The summed E-state index contributed by atoms with van der Waals surface area (Å²) in [5.41, 5.74) is 8.96. The molecule has 1 heterocycles. The van der Waals surface area contributed by atoms with E-state index in [4.69, 9.17) is 5.73 Å². The van der Waals surface area contributed by atoms with Crippen LogP contribution in [0.25, 0.3) is 0 Å². The van der Waals surface area contributed by atoms with Crippen LogP contribution in [0.4, 0.5) is 17.2 Å². The fourth-order valence-electron chi connectivity index (χ4n) is 1.63. The maximum absolute atomic E-state index is 5.77. The van der Waals surface area contributed by atoms with E-state index in [1.807, 2.05) is 12.1 Å². The molecule has 3 N–H and O–H groups in total. The molecule has 3 heteroatoms. The highest BCUT2D eigenvalue weighted by molar-refractivity contribution is 5.69. The molecular weight excluding hydrogens is 210 g/mol. The van der Waals surface area contributed by atoms with E-state index in [0.29, 0.717) is 11.7 Å².